The van der Waals surface area contributed by atoms with Gasteiger partial charge in [0.2, 0.25) is 0 Å². The molecule has 0 saturated carbocycles. The fourth-order valence-corrected chi connectivity index (χ4v) is 1.12. The molecule has 78 valence electrons. The van der Waals surface area contributed by atoms with E-state index in [9.17, 15) is 0 Å². The Balaban J connectivity index is 0.000000791. The summed E-state index contributed by atoms with van der Waals surface area (Å²) in [4.78, 5) is 0. The van der Waals surface area contributed by atoms with Crippen LogP contribution in [0, 0.1) is 0 Å². The first-order valence-electron chi connectivity index (χ1n) is 5.19. The summed E-state index contributed by atoms with van der Waals surface area (Å²) in [5.41, 5.74) is 1.12. The van der Waals surface area contributed by atoms with E-state index in [0.717, 1.165) is 23.5 Å². The summed E-state index contributed by atoms with van der Waals surface area (Å²) >= 11 is 0. The number of allylic oxidation sites excluding steroid dienone is 1. The molecular formula is C13H20O. The predicted molar refractivity (Wildman–Crippen MR) is 64.2 cm³/mol. The first kappa shape index (κ1) is 12.8. The van der Waals surface area contributed by atoms with E-state index in [2.05, 4.69) is 19.6 Å². The van der Waals surface area contributed by atoms with Gasteiger partial charge in [-0.05, 0) is 19.1 Å². The lowest BCUT2D eigenvalue weighted by Gasteiger charge is -1.86. The summed E-state index contributed by atoms with van der Waals surface area (Å²) in [6.45, 7) is 11.8. The first-order chi connectivity index (χ1) is 6.81. The Hall–Kier alpha value is -1.24. The minimum Gasteiger partial charge on any atom is -0.461 e. The summed E-state index contributed by atoms with van der Waals surface area (Å²) in [7, 11) is 0. The molecule has 0 fully saturated rings. The molecule has 0 amide bonds. The van der Waals surface area contributed by atoms with Crippen molar-refractivity contribution in [3.8, 4) is 0 Å². The summed E-state index contributed by atoms with van der Waals surface area (Å²) in [6, 6.07) is 2.05. The SMILES string of the molecule is C=Cc1oc(CC)cc1/C=C\C.CC. The molecule has 1 aromatic heterocycles. The van der Waals surface area contributed by atoms with Crippen molar-refractivity contribution in [1.82, 2.24) is 0 Å². The Labute approximate surface area is 87.1 Å². The molecule has 0 saturated heterocycles. The van der Waals surface area contributed by atoms with Gasteiger partial charge in [-0.1, -0.05) is 39.5 Å². The highest BCUT2D eigenvalue weighted by Gasteiger charge is 2.03. The minimum absolute atomic E-state index is 0.866. The van der Waals surface area contributed by atoms with Crippen LogP contribution in [0.5, 0.6) is 0 Å². The van der Waals surface area contributed by atoms with E-state index in [0.29, 0.717) is 0 Å². The second kappa shape index (κ2) is 7.19. The fraction of sp³-hybridized carbons (Fsp3) is 0.385. The van der Waals surface area contributed by atoms with Crippen LogP contribution in [0.2, 0.25) is 0 Å². The highest BCUT2D eigenvalue weighted by Crippen LogP contribution is 2.18. The summed E-state index contributed by atoms with van der Waals surface area (Å²) < 4.78 is 5.50. The summed E-state index contributed by atoms with van der Waals surface area (Å²) in [5, 5.41) is 0. The maximum Gasteiger partial charge on any atom is 0.133 e. The average Bonchev–Trinajstić information content (AvgIpc) is 2.64. The van der Waals surface area contributed by atoms with Gasteiger partial charge in [-0.15, -0.1) is 0 Å². The molecule has 0 aliphatic rings. The molecule has 1 aromatic rings. The Morgan fingerprint density at radius 3 is 2.50 bits per heavy atom. The molecule has 1 rings (SSSR count). The monoisotopic (exact) mass is 192 g/mol. The molecule has 0 aromatic carbocycles. The van der Waals surface area contributed by atoms with Gasteiger partial charge in [-0.2, -0.15) is 0 Å². The Bertz CT molecular complexity index is 292. The largest absolute Gasteiger partial charge is 0.461 e. The molecular weight excluding hydrogens is 172 g/mol. The molecule has 0 N–H and O–H groups in total. The third kappa shape index (κ3) is 3.25. The van der Waals surface area contributed by atoms with E-state index in [4.69, 9.17) is 4.42 Å². The van der Waals surface area contributed by atoms with E-state index in [1.807, 2.05) is 32.9 Å². The van der Waals surface area contributed by atoms with Crippen LogP contribution in [0.1, 0.15) is 44.8 Å². The van der Waals surface area contributed by atoms with Gasteiger partial charge in [0.1, 0.15) is 11.5 Å². The second-order valence-corrected chi connectivity index (χ2v) is 2.59. The van der Waals surface area contributed by atoms with Crippen LogP contribution < -0.4 is 0 Å². The summed E-state index contributed by atoms with van der Waals surface area (Å²) in [5.74, 6) is 1.88. The van der Waals surface area contributed by atoms with Crippen molar-refractivity contribution in [3.05, 3.63) is 35.8 Å². The zero-order valence-electron chi connectivity index (χ0n) is 9.63. The lowest BCUT2D eigenvalue weighted by Crippen LogP contribution is -1.68. The average molecular weight is 192 g/mol. The fourth-order valence-electron chi connectivity index (χ4n) is 1.12. The lowest BCUT2D eigenvalue weighted by molar-refractivity contribution is 0.507. The Morgan fingerprint density at radius 1 is 1.43 bits per heavy atom. The smallest absolute Gasteiger partial charge is 0.133 e. The van der Waals surface area contributed by atoms with Crippen molar-refractivity contribution in [3.63, 3.8) is 0 Å². The van der Waals surface area contributed by atoms with Crippen molar-refractivity contribution in [2.24, 2.45) is 0 Å². The van der Waals surface area contributed by atoms with Crippen LogP contribution in [0.15, 0.2) is 23.1 Å². The number of hydrogen-bond donors (Lipinski definition) is 0. The molecule has 0 aliphatic heterocycles. The van der Waals surface area contributed by atoms with Crippen LogP contribution in [0.3, 0.4) is 0 Å². The van der Waals surface area contributed by atoms with Crippen molar-refractivity contribution in [2.75, 3.05) is 0 Å². The van der Waals surface area contributed by atoms with Crippen LogP contribution in [-0.4, -0.2) is 0 Å². The third-order valence-corrected chi connectivity index (χ3v) is 1.72. The van der Waals surface area contributed by atoms with Crippen LogP contribution >= 0.6 is 0 Å². The number of furan rings is 1. The number of aryl methyl sites for hydroxylation is 1. The van der Waals surface area contributed by atoms with Gasteiger partial charge >= 0.3 is 0 Å². The van der Waals surface area contributed by atoms with Crippen molar-refractivity contribution < 1.29 is 4.42 Å². The normalized spacial score (nSPS) is 9.71. The quantitative estimate of drug-likeness (QED) is 0.685. The maximum absolute atomic E-state index is 5.50. The molecule has 14 heavy (non-hydrogen) atoms. The molecule has 1 nitrogen and oxygen atoms in total. The lowest BCUT2D eigenvalue weighted by atomic mass is 10.2. The standard InChI is InChI=1S/C11H14O.C2H6/c1-4-7-9-8-10(5-2)12-11(9)6-3;1-2/h4,6-8H,3,5H2,1-2H3;1-2H3/b7-4-;. The highest BCUT2D eigenvalue weighted by molar-refractivity contribution is 5.61. The van der Waals surface area contributed by atoms with E-state index in [1.165, 1.54) is 0 Å². The van der Waals surface area contributed by atoms with Crippen molar-refractivity contribution in [1.29, 1.82) is 0 Å². The third-order valence-electron chi connectivity index (χ3n) is 1.72. The molecule has 0 radical (unpaired) electrons. The zero-order chi connectivity index (χ0) is 11.0. The van der Waals surface area contributed by atoms with Gasteiger partial charge in [0.25, 0.3) is 0 Å². The number of hydrogen-bond acceptors (Lipinski definition) is 1. The van der Waals surface area contributed by atoms with Gasteiger partial charge < -0.3 is 4.42 Å². The first-order valence-corrected chi connectivity index (χ1v) is 5.19. The molecule has 1 heteroatoms. The van der Waals surface area contributed by atoms with Crippen LogP contribution in [-0.2, 0) is 6.42 Å². The summed E-state index contributed by atoms with van der Waals surface area (Å²) in [6.07, 6.45) is 6.70. The van der Waals surface area contributed by atoms with E-state index < -0.39 is 0 Å². The Morgan fingerprint density at radius 2 is 2.07 bits per heavy atom. The van der Waals surface area contributed by atoms with E-state index in [-0.39, 0.29) is 0 Å². The topological polar surface area (TPSA) is 13.1 Å². The van der Waals surface area contributed by atoms with Gasteiger partial charge in [0.05, 0.1) is 0 Å². The molecule has 0 spiro atoms. The van der Waals surface area contributed by atoms with Crippen molar-refractivity contribution >= 4 is 12.2 Å². The molecule has 0 atom stereocenters. The predicted octanol–water partition coefficient (Wildman–Crippen LogP) is 4.54. The van der Waals surface area contributed by atoms with E-state index in [1.54, 1.807) is 6.08 Å². The molecule has 1 heterocycles. The minimum atomic E-state index is 0.866. The molecule has 0 aliphatic carbocycles. The van der Waals surface area contributed by atoms with Crippen LogP contribution in [0.25, 0.3) is 12.2 Å². The zero-order valence-corrected chi connectivity index (χ0v) is 9.63. The van der Waals surface area contributed by atoms with Crippen LogP contribution in [0.4, 0.5) is 0 Å². The van der Waals surface area contributed by atoms with Gasteiger partial charge in [-0.25, -0.2) is 0 Å². The molecule has 0 bridgehead atoms. The van der Waals surface area contributed by atoms with Crippen molar-refractivity contribution in [2.45, 2.75) is 34.1 Å². The Kier molecular flexibility index (Phi) is 6.55. The van der Waals surface area contributed by atoms with Gasteiger partial charge in [-0.3, -0.25) is 0 Å². The van der Waals surface area contributed by atoms with Gasteiger partial charge in [0, 0.05) is 12.0 Å². The highest BCUT2D eigenvalue weighted by atomic mass is 16.3. The maximum atomic E-state index is 5.50. The number of rotatable bonds is 3. The second-order valence-electron chi connectivity index (χ2n) is 2.59. The molecule has 0 unspecified atom stereocenters. The van der Waals surface area contributed by atoms with E-state index >= 15 is 0 Å². The van der Waals surface area contributed by atoms with Gasteiger partial charge in [0.15, 0.2) is 0 Å².